The minimum Gasteiger partial charge on any atom is -0.418 e. The number of halogens is 5. The summed E-state index contributed by atoms with van der Waals surface area (Å²) in [6.45, 7) is 13.5. The summed E-state index contributed by atoms with van der Waals surface area (Å²) < 4.78 is 42.1. The monoisotopic (exact) mass is 466 g/mol. The van der Waals surface area contributed by atoms with E-state index in [1.807, 2.05) is 0 Å². The molecule has 0 amide bonds. The molecule has 0 radical (unpaired) electrons. The van der Waals surface area contributed by atoms with E-state index in [-0.39, 0.29) is 26.6 Å². The molecular weight excluding hydrogens is 442 g/mol. The van der Waals surface area contributed by atoms with E-state index in [0.717, 1.165) is 0 Å². The number of hydrogen-bond donors (Lipinski definition) is 0. The summed E-state index contributed by atoms with van der Waals surface area (Å²) in [5, 5.41) is 0. The second kappa shape index (κ2) is 8.56. The fraction of sp³-hybridized carbons (Fsp3) is 0.368. The normalized spacial score (nSPS) is 11.8. The Morgan fingerprint density at radius 2 is 1.20 bits per heavy atom. The molecule has 0 spiro atoms. The van der Waals surface area contributed by atoms with E-state index >= 15 is 0 Å². The summed E-state index contributed by atoms with van der Waals surface area (Å²) in [6.07, 6.45) is 0. The molecule has 0 aromatic heterocycles. The van der Waals surface area contributed by atoms with Crippen LogP contribution in [0.5, 0.6) is 0 Å². The van der Waals surface area contributed by atoms with Crippen LogP contribution in [0.3, 0.4) is 0 Å². The highest BCUT2D eigenvalue weighted by atomic mass is 127. The average molecular weight is 466 g/mol. The molecule has 2 aromatic carbocycles. The molecule has 0 atom stereocenters. The van der Waals surface area contributed by atoms with Crippen LogP contribution in [-0.2, 0) is 5.41 Å². The van der Waals surface area contributed by atoms with Gasteiger partial charge in [0.05, 0.1) is 0 Å². The molecule has 138 valence electrons. The van der Waals surface area contributed by atoms with Gasteiger partial charge in [0.15, 0.2) is 7.14 Å². The lowest BCUT2D eigenvalue weighted by atomic mass is 9.87. The van der Waals surface area contributed by atoms with Crippen LogP contribution in [0.4, 0.5) is 17.3 Å². The molecule has 0 N–H and O–H groups in total. The molecule has 0 aliphatic carbocycles. The first kappa shape index (κ1) is 22.0. The van der Waals surface area contributed by atoms with Crippen LogP contribution < -0.4 is 21.2 Å². The quantitative estimate of drug-likeness (QED) is 0.362. The van der Waals surface area contributed by atoms with Gasteiger partial charge in [-0.15, -0.1) is 0 Å². The highest BCUT2D eigenvalue weighted by Gasteiger charge is 2.22. The van der Waals surface area contributed by atoms with Gasteiger partial charge in [0, 0.05) is 11.1 Å². The Morgan fingerprint density at radius 1 is 0.800 bits per heavy atom. The van der Waals surface area contributed by atoms with Gasteiger partial charge in [-0.05, 0) is 43.9 Å². The van der Waals surface area contributed by atoms with Crippen molar-refractivity contribution < 1.29 is 38.5 Å². The molecule has 6 heteroatoms. The Morgan fingerprint density at radius 3 is 1.56 bits per heavy atom. The lowest BCUT2D eigenvalue weighted by molar-refractivity contribution is -0.598. The average Bonchev–Trinajstić information content (AvgIpc) is 2.40. The van der Waals surface area contributed by atoms with Gasteiger partial charge in [-0.3, -0.25) is 0 Å². The predicted molar refractivity (Wildman–Crippen MR) is 93.4 cm³/mol. The van der Waals surface area contributed by atoms with Gasteiger partial charge in [-0.1, -0.05) is 50.6 Å². The van der Waals surface area contributed by atoms with Crippen molar-refractivity contribution >= 4 is 7.25 Å². The zero-order chi connectivity index (χ0) is 19.4. The van der Waals surface area contributed by atoms with Gasteiger partial charge in [0.25, 0.3) is 0 Å². The topological polar surface area (TPSA) is 0 Å². The fourth-order valence-corrected chi connectivity index (χ4v) is 4.94. The van der Waals surface area contributed by atoms with E-state index in [1.54, 1.807) is 3.57 Å². The fourth-order valence-electron chi connectivity index (χ4n) is 2.43. The molecule has 0 aliphatic rings. The van der Waals surface area contributed by atoms with Gasteiger partial charge in [0.1, 0.15) is 0 Å². The van der Waals surface area contributed by atoms with Crippen LogP contribution in [0.15, 0.2) is 36.4 Å². The minimum absolute atomic E-state index is 0.0770. The third-order valence-electron chi connectivity index (χ3n) is 3.49. The first-order valence-corrected chi connectivity index (χ1v) is 10.1. The maximum atomic E-state index is 9.75. The van der Waals surface area contributed by atoms with Crippen molar-refractivity contribution in [2.45, 2.75) is 47.0 Å². The van der Waals surface area contributed by atoms with Crippen molar-refractivity contribution in [3.8, 4) is 0 Å². The summed E-state index contributed by atoms with van der Waals surface area (Å²) in [5.41, 5.74) is 5.94. The van der Waals surface area contributed by atoms with Crippen molar-refractivity contribution in [3.63, 3.8) is 0 Å². The molecule has 2 aromatic rings. The molecule has 0 bridgehead atoms. The van der Waals surface area contributed by atoms with Gasteiger partial charge in [0.2, 0.25) is 0 Å². The summed E-state index contributed by atoms with van der Waals surface area (Å²) >= 11 is -0.0770. The first-order valence-electron chi connectivity index (χ1n) is 7.98. The maximum absolute atomic E-state index is 9.75. The Bertz CT molecular complexity index is 672. The van der Waals surface area contributed by atoms with E-state index < -0.39 is 7.25 Å². The van der Waals surface area contributed by atoms with E-state index in [4.69, 9.17) is 0 Å². The van der Waals surface area contributed by atoms with Gasteiger partial charge < -0.3 is 17.3 Å². The zero-order valence-electron chi connectivity index (χ0n) is 15.4. The molecule has 0 unspecified atom stereocenters. The Kier molecular flexibility index (Phi) is 7.53. The number of hydrogen-bond acceptors (Lipinski definition) is 0. The molecule has 0 nitrogen and oxygen atoms in total. The second-order valence-electron chi connectivity index (χ2n) is 7.06. The Balaban J connectivity index is 0.000000550. The van der Waals surface area contributed by atoms with Crippen LogP contribution in [0, 0.1) is 27.9 Å². The van der Waals surface area contributed by atoms with Crippen LogP contribution in [0.1, 0.15) is 43.0 Å². The smallest absolute Gasteiger partial charge is 0.418 e. The highest BCUT2D eigenvalue weighted by Crippen LogP contribution is 2.20. The van der Waals surface area contributed by atoms with Crippen molar-refractivity contribution in [1.29, 1.82) is 0 Å². The largest absolute Gasteiger partial charge is 0.673 e. The number of benzene rings is 2. The molecule has 25 heavy (non-hydrogen) atoms. The van der Waals surface area contributed by atoms with Crippen molar-refractivity contribution in [3.05, 3.63) is 65.8 Å². The highest BCUT2D eigenvalue weighted by molar-refractivity contribution is 6.50. The molecule has 0 fully saturated rings. The van der Waals surface area contributed by atoms with Gasteiger partial charge >= 0.3 is 28.5 Å². The van der Waals surface area contributed by atoms with Crippen LogP contribution in [-0.4, -0.2) is 7.25 Å². The standard InChI is InChI=1S/C19H24I.BF4/c1-13-11-14(2)18(15(3)12-13)20-17-9-7-16(8-10-17)19(4,5)6;2-1(3,4)5/h7-12H,1-6H3;/q+1;-1. The minimum atomic E-state index is -6.00. The van der Waals surface area contributed by atoms with Crippen molar-refractivity contribution in [2.24, 2.45) is 0 Å². The molecule has 0 saturated heterocycles. The number of rotatable bonds is 2. The van der Waals surface area contributed by atoms with Crippen LogP contribution in [0.2, 0.25) is 0 Å². The predicted octanol–water partition coefficient (Wildman–Crippen LogP) is 3.34. The molecular formula is C19H24BF4I. The van der Waals surface area contributed by atoms with Crippen molar-refractivity contribution in [1.82, 2.24) is 0 Å². The lowest BCUT2D eigenvalue weighted by Gasteiger charge is -2.18. The Labute approximate surface area is 158 Å². The third kappa shape index (κ3) is 8.25. The third-order valence-corrected chi connectivity index (χ3v) is 7.08. The molecule has 2 rings (SSSR count). The second-order valence-corrected chi connectivity index (χ2v) is 9.92. The molecule has 0 aliphatic heterocycles. The van der Waals surface area contributed by atoms with E-state index in [2.05, 4.69) is 77.9 Å². The molecule has 0 saturated carbocycles. The summed E-state index contributed by atoms with van der Waals surface area (Å²) in [7, 11) is -6.00. The zero-order valence-corrected chi connectivity index (χ0v) is 17.6. The maximum Gasteiger partial charge on any atom is 0.673 e. The van der Waals surface area contributed by atoms with Crippen LogP contribution >= 0.6 is 0 Å². The Hall–Kier alpha value is -1.05. The van der Waals surface area contributed by atoms with Crippen molar-refractivity contribution in [2.75, 3.05) is 0 Å². The van der Waals surface area contributed by atoms with Gasteiger partial charge in [-0.2, -0.15) is 0 Å². The lowest BCUT2D eigenvalue weighted by Crippen LogP contribution is -3.62. The molecule has 0 heterocycles. The van der Waals surface area contributed by atoms with Crippen LogP contribution in [0.25, 0.3) is 0 Å². The summed E-state index contributed by atoms with van der Waals surface area (Å²) in [4.78, 5) is 0. The van der Waals surface area contributed by atoms with E-state index in [1.165, 1.54) is 25.8 Å². The summed E-state index contributed by atoms with van der Waals surface area (Å²) in [5.74, 6) is 0. The van der Waals surface area contributed by atoms with Gasteiger partial charge in [-0.25, -0.2) is 0 Å². The number of aryl methyl sites for hydroxylation is 3. The SMILES string of the molecule is Cc1cc(C)c([I+]c2ccc(C(C)(C)C)cc2)c(C)c1.F[B-](F)(F)F. The summed E-state index contributed by atoms with van der Waals surface area (Å²) in [6, 6.07) is 13.9. The van der Waals surface area contributed by atoms with E-state index in [9.17, 15) is 17.3 Å². The first-order chi connectivity index (χ1) is 11.3. The van der Waals surface area contributed by atoms with E-state index in [0.29, 0.717) is 0 Å².